The fourth-order valence-corrected chi connectivity index (χ4v) is 3.64. The van der Waals surface area contributed by atoms with Crippen LogP contribution in [0.25, 0.3) is 0 Å². The van der Waals surface area contributed by atoms with E-state index in [2.05, 4.69) is 21.2 Å². The number of aromatic hydroxyl groups is 1. The van der Waals surface area contributed by atoms with Gasteiger partial charge in [0.05, 0.1) is 6.04 Å². The van der Waals surface area contributed by atoms with Gasteiger partial charge in [0.2, 0.25) is 0 Å². The van der Waals surface area contributed by atoms with Gasteiger partial charge in [-0.25, -0.2) is 4.79 Å². The number of hydrogen-bond donors (Lipinski definition) is 3. The summed E-state index contributed by atoms with van der Waals surface area (Å²) in [6.45, 7) is 0. The minimum atomic E-state index is -1.22. The molecular weight excluding hydrogens is 448 g/mol. The van der Waals surface area contributed by atoms with Gasteiger partial charge in [-0.3, -0.25) is 9.69 Å². The molecule has 3 aromatic rings. The van der Waals surface area contributed by atoms with Gasteiger partial charge in [-0.15, -0.1) is 0 Å². The van der Waals surface area contributed by atoms with Gasteiger partial charge >= 0.3 is 5.97 Å². The van der Waals surface area contributed by atoms with Crippen LogP contribution in [0.2, 0.25) is 0 Å². The van der Waals surface area contributed by atoms with Crippen molar-refractivity contribution in [2.24, 2.45) is 0 Å². The number of nitrogens with zero attached hydrogens (tertiary/aromatic N) is 1. The summed E-state index contributed by atoms with van der Waals surface area (Å²) in [5.41, 5.74) is 2.26. The van der Waals surface area contributed by atoms with Crippen LogP contribution >= 0.6 is 15.9 Å². The molecule has 1 aliphatic rings. The van der Waals surface area contributed by atoms with Gasteiger partial charge in [0.1, 0.15) is 17.0 Å². The first kappa shape index (κ1) is 19.7. The number of benzene rings is 3. The molecule has 3 N–H and O–H groups in total. The average molecular weight is 465 g/mol. The minimum Gasteiger partial charge on any atom is -0.507 e. The van der Waals surface area contributed by atoms with Crippen molar-refractivity contribution >= 4 is 39.2 Å². The fraction of sp³-hybridized carbons (Fsp3) is 0.0435. The summed E-state index contributed by atoms with van der Waals surface area (Å²) in [6, 6.07) is 20.9. The number of aromatic carboxylic acids is 1. The van der Waals surface area contributed by atoms with Crippen molar-refractivity contribution in [1.82, 2.24) is 0 Å². The molecule has 150 valence electrons. The highest BCUT2D eigenvalue weighted by atomic mass is 79.9. The van der Waals surface area contributed by atoms with Gasteiger partial charge in [0.25, 0.3) is 5.91 Å². The molecule has 0 bridgehead atoms. The van der Waals surface area contributed by atoms with E-state index in [0.717, 1.165) is 15.7 Å². The fourth-order valence-electron chi connectivity index (χ4n) is 3.37. The number of carbonyl (C=O) groups excluding carboxylic acids is 1. The molecule has 30 heavy (non-hydrogen) atoms. The van der Waals surface area contributed by atoms with Gasteiger partial charge in [0, 0.05) is 21.9 Å². The Hall–Kier alpha value is -3.58. The lowest BCUT2D eigenvalue weighted by atomic mass is 10.1. The second-order valence-corrected chi connectivity index (χ2v) is 7.67. The number of hydrogen-bond acceptors (Lipinski definition) is 4. The maximum Gasteiger partial charge on any atom is 0.339 e. The molecule has 3 aromatic carbocycles. The Balaban J connectivity index is 1.70. The highest BCUT2D eigenvalue weighted by Crippen LogP contribution is 2.36. The van der Waals surface area contributed by atoms with E-state index in [4.69, 9.17) is 5.11 Å². The number of para-hydroxylation sites is 1. The molecule has 0 saturated carbocycles. The second kappa shape index (κ2) is 8.04. The highest BCUT2D eigenvalue weighted by molar-refractivity contribution is 9.10. The molecule has 4 rings (SSSR count). The van der Waals surface area contributed by atoms with Gasteiger partial charge in [-0.2, -0.15) is 0 Å². The van der Waals surface area contributed by atoms with Crippen LogP contribution in [0.1, 0.15) is 22.0 Å². The Morgan fingerprint density at radius 3 is 2.33 bits per heavy atom. The minimum absolute atomic E-state index is 0.203. The van der Waals surface area contributed by atoms with Gasteiger partial charge in [-0.1, -0.05) is 46.3 Å². The van der Waals surface area contributed by atoms with Crippen molar-refractivity contribution in [3.05, 3.63) is 100 Å². The maximum atomic E-state index is 13.3. The van der Waals surface area contributed by atoms with Crippen LogP contribution in [-0.2, 0) is 4.79 Å². The molecule has 1 aliphatic heterocycles. The molecule has 7 heteroatoms. The number of halogens is 1. The first-order valence-electron chi connectivity index (χ1n) is 9.13. The molecule has 1 atom stereocenters. The zero-order valence-electron chi connectivity index (χ0n) is 15.6. The number of amides is 1. The zero-order chi connectivity index (χ0) is 21.3. The molecule has 0 fully saturated rings. The number of carbonyl (C=O) groups is 2. The second-order valence-electron chi connectivity index (χ2n) is 6.75. The molecule has 6 nitrogen and oxygen atoms in total. The largest absolute Gasteiger partial charge is 0.507 e. The molecule has 0 spiro atoms. The molecule has 1 amide bonds. The van der Waals surface area contributed by atoms with Gasteiger partial charge in [-0.05, 0) is 48.0 Å². The number of nitrogens with one attached hydrogen (secondary N) is 1. The monoisotopic (exact) mass is 464 g/mol. The van der Waals surface area contributed by atoms with Crippen LogP contribution in [0.15, 0.2) is 89.0 Å². The number of carboxylic acid groups (broad SMARTS) is 1. The van der Waals surface area contributed by atoms with Crippen molar-refractivity contribution < 1.29 is 19.8 Å². The number of carboxylic acids is 1. The summed E-state index contributed by atoms with van der Waals surface area (Å²) in [5.74, 6) is -1.82. The van der Waals surface area contributed by atoms with Crippen LogP contribution in [0.4, 0.5) is 11.4 Å². The van der Waals surface area contributed by atoms with Crippen LogP contribution < -0.4 is 10.2 Å². The molecule has 0 aliphatic carbocycles. The van der Waals surface area contributed by atoms with Crippen molar-refractivity contribution in [3.8, 4) is 5.75 Å². The van der Waals surface area contributed by atoms with E-state index in [1.165, 1.54) is 18.2 Å². The van der Waals surface area contributed by atoms with Crippen molar-refractivity contribution in [3.63, 3.8) is 0 Å². The normalized spacial score (nSPS) is 15.8. The molecule has 0 aromatic heterocycles. The predicted molar refractivity (Wildman–Crippen MR) is 118 cm³/mol. The number of anilines is 2. The van der Waals surface area contributed by atoms with E-state index in [-0.39, 0.29) is 23.3 Å². The Bertz CT molecular complexity index is 1140. The third-order valence-electron chi connectivity index (χ3n) is 4.80. The quantitative estimate of drug-likeness (QED) is 0.497. The third kappa shape index (κ3) is 3.79. The molecule has 0 saturated heterocycles. The van der Waals surface area contributed by atoms with Gasteiger partial charge in [0.15, 0.2) is 0 Å². The summed E-state index contributed by atoms with van der Waals surface area (Å²) in [4.78, 5) is 26.0. The van der Waals surface area contributed by atoms with E-state index in [1.54, 1.807) is 4.90 Å². The van der Waals surface area contributed by atoms with E-state index in [9.17, 15) is 14.7 Å². The Morgan fingerprint density at radius 1 is 1.00 bits per heavy atom. The van der Waals surface area contributed by atoms with Crippen molar-refractivity contribution in [1.29, 1.82) is 0 Å². The molecule has 0 unspecified atom stereocenters. The predicted octanol–water partition coefficient (Wildman–Crippen LogP) is 4.94. The SMILES string of the molecule is O=C(O)c1ccc(NC2=C[C@@H](c3ccc(Br)cc3)N(c3ccccc3)C2=O)cc1O. The van der Waals surface area contributed by atoms with Crippen molar-refractivity contribution in [2.45, 2.75) is 6.04 Å². The molecule has 0 radical (unpaired) electrons. The van der Waals surface area contributed by atoms with E-state index < -0.39 is 5.97 Å². The lowest BCUT2D eigenvalue weighted by Crippen LogP contribution is -2.30. The summed E-state index contributed by atoms with van der Waals surface area (Å²) in [5, 5.41) is 22.0. The third-order valence-corrected chi connectivity index (χ3v) is 5.33. The van der Waals surface area contributed by atoms with Crippen LogP contribution in [-0.4, -0.2) is 22.1 Å². The number of rotatable bonds is 5. The lowest BCUT2D eigenvalue weighted by Gasteiger charge is -2.25. The zero-order valence-corrected chi connectivity index (χ0v) is 17.2. The van der Waals surface area contributed by atoms with Crippen molar-refractivity contribution in [2.75, 3.05) is 10.2 Å². The van der Waals surface area contributed by atoms with Crippen LogP contribution in [0.3, 0.4) is 0 Å². The highest BCUT2D eigenvalue weighted by Gasteiger charge is 2.34. The Kier molecular flexibility index (Phi) is 5.29. The summed E-state index contributed by atoms with van der Waals surface area (Å²) < 4.78 is 0.943. The average Bonchev–Trinajstić information content (AvgIpc) is 3.05. The molecule has 1 heterocycles. The number of phenols is 1. The first-order valence-corrected chi connectivity index (χ1v) is 9.92. The Labute approximate surface area is 181 Å². The maximum absolute atomic E-state index is 13.3. The van der Waals surface area contributed by atoms with Crippen LogP contribution in [0, 0.1) is 0 Å². The van der Waals surface area contributed by atoms with E-state index >= 15 is 0 Å². The lowest BCUT2D eigenvalue weighted by molar-refractivity contribution is -0.114. The van der Waals surface area contributed by atoms with Crippen LogP contribution in [0.5, 0.6) is 5.75 Å². The topological polar surface area (TPSA) is 89.9 Å². The Morgan fingerprint density at radius 2 is 1.70 bits per heavy atom. The van der Waals surface area contributed by atoms with E-state index in [1.807, 2.05) is 60.7 Å². The summed E-state index contributed by atoms with van der Waals surface area (Å²) >= 11 is 3.43. The first-order chi connectivity index (χ1) is 14.4. The smallest absolute Gasteiger partial charge is 0.339 e. The van der Waals surface area contributed by atoms with Gasteiger partial charge < -0.3 is 15.5 Å². The summed E-state index contributed by atoms with van der Waals surface area (Å²) in [6.07, 6.45) is 1.82. The van der Waals surface area contributed by atoms with E-state index in [0.29, 0.717) is 11.4 Å². The standard InChI is InChI=1S/C23H17BrN2O4/c24-15-8-6-14(7-9-15)20-13-19(22(28)26(20)17-4-2-1-3-5-17)25-16-10-11-18(23(29)30)21(27)12-16/h1-13,20,25,27H,(H,29,30)/t20-/m0/s1. The molecular formula is C23H17BrN2O4. The summed E-state index contributed by atoms with van der Waals surface area (Å²) in [7, 11) is 0.